The number of hydrogen-bond donors (Lipinski definition) is 1. The fourth-order valence-electron chi connectivity index (χ4n) is 0.973. The van der Waals surface area contributed by atoms with E-state index in [1.807, 2.05) is 17.8 Å². The van der Waals surface area contributed by atoms with Crippen molar-refractivity contribution in [3.05, 3.63) is 18.2 Å². The van der Waals surface area contributed by atoms with Gasteiger partial charge in [0.05, 0.1) is 17.9 Å². The quantitative estimate of drug-likeness (QED) is 0.722. The summed E-state index contributed by atoms with van der Waals surface area (Å²) in [5.74, 6) is -1.14. The summed E-state index contributed by atoms with van der Waals surface area (Å²) in [6.07, 6.45) is 4.00. The number of carboxylic acids is 1. The Hall–Kier alpha value is -1.32. The highest BCUT2D eigenvalue weighted by Gasteiger charge is 2.12. The van der Waals surface area contributed by atoms with Crippen molar-refractivity contribution in [1.82, 2.24) is 9.55 Å². The topological polar surface area (TPSA) is 55.1 Å². The zero-order chi connectivity index (χ0) is 9.14. The van der Waals surface area contributed by atoms with Gasteiger partial charge in [0, 0.05) is 19.7 Å². The summed E-state index contributed by atoms with van der Waals surface area (Å²) in [5, 5.41) is 8.62. The van der Waals surface area contributed by atoms with Gasteiger partial charge in [-0.05, 0) is 0 Å². The molecule has 0 saturated heterocycles. The molecule has 0 saturated carbocycles. The summed E-state index contributed by atoms with van der Waals surface area (Å²) in [4.78, 5) is 14.5. The molecule has 1 aromatic rings. The van der Waals surface area contributed by atoms with E-state index in [2.05, 4.69) is 4.98 Å². The molecule has 1 rings (SSSR count). The lowest BCUT2D eigenvalue weighted by Gasteiger charge is -2.01. The van der Waals surface area contributed by atoms with Gasteiger partial charge < -0.3 is 9.67 Å². The van der Waals surface area contributed by atoms with Crippen molar-refractivity contribution in [2.45, 2.75) is 13.3 Å². The van der Waals surface area contributed by atoms with Crippen LogP contribution in [0.4, 0.5) is 0 Å². The smallest absolute Gasteiger partial charge is 0.306 e. The molecule has 1 N–H and O–H groups in total. The first-order valence-corrected chi connectivity index (χ1v) is 3.79. The van der Waals surface area contributed by atoms with Crippen LogP contribution in [-0.4, -0.2) is 20.6 Å². The van der Waals surface area contributed by atoms with Crippen molar-refractivity contribution in [1.29, 1.82) is 0 Å². The second kappa shape index (κ2) is 3.38. The Balaban J connectivity index is 2.58. The van der Waals surface area contributed by atoms with Gasteiger partial charge in [-0.1, -0.05) is 6.92 Å². The van der Waals surface area contributed by atoms with E-state index in [9.17, 15) is 4.79 Å². The highest BCUT2D eigenvalue weighted by atomic mass is 16.4. The molecule has 0 spiro atoms. The number of aliphatic carboxylic acids is 1. The Morgan fingerprint density at radius 3 is 2.92 bits per heavy atom. The fraction of sp³-hybridized carbons (Fsp3) is 0.500. The minimum Gasteiger partial charge on any atom is -0.481 e. The van der Waals surface area contributed by atoms with Crippen LogP contribution in [0.25, 0.3) is 0 Å². The second-order valence-electron chi connectivity index (χ2n) is 2.97. The van der Waals surface area contributed by atoms with E-state index in [1.54, 1.807) is 13.3 Å². The zero-order valence-corrected chi connectivity index (χ0v) is 7.19. The van der Waals surface area contributed by atoms with Gasteiger partial charge in [-0.15, -0.1) is 0 Å². The Morgan fingerprint density at radius 1 is 1.83 bits per heavy atom. The number of aromatic nitrogens is 2. The molecule has 4 nitrogen and oxygen atoms in total. The molecule has 66 valence electrons. The average molecular weight is 168 g/mol. The van der Waals surface area contributed by atoms with E-state index in [0.717, 1.165) is 5.69 Å². The molecule has 1 unspecified atom stereocenters. The van der Waals surface area contributed by atoms with Gasteiger partial charge in [0.2, 0.25) is 0 Å². The number of carbonyl (C=O) groups is 1. The van der Waals surface area contributed by atoms with E-state index in [-0.39, 0.29) is 5.92 Å². The standard InChI is InChI=1S/C8H12N2O2/c1-6(8(11)12)3-7-4-10(2)5-9-7/h4-6H,3H2,1-2H3,(H,11,12). The molecule has 1 aromatic heterocycles. The maximum atomic E-state index is 10.5. The van der Waals surface area contributed by atoms with Crippen molar-refractivity contribution in [3.8, 4) is 0 Å². The van der Waals surface area contributed by atoms with E-state index >= 15 is 0 Å². The third-order valence-corrected chi connectivity index (χ3v) is 1.70. The molecule has 0 aliphatic heterocycles. The van der Waals surface area contributed by atoms with Crippen LogP contribution in [-0.2, 0) is 18.3 Å². The predicted molar refractivity (Wildman–Crippen MR) is 43.7 cm³/mol. The largest absolute Gasteiger partial charge is 0.481 e. The van der Waals surface area contributed by atoms with Gasteiger partial charge >= 0.3 is 5.97 Å². The van der Waals surface area contributed by atoms with Crippen LogP contribution in [0, 0.1) is 5.92 Å². The molecule has 0 fully saturated rings. The molecule has 0 aliphatic rings. The van der Waals surface area contributed by atoms with Crippen LogP contribution in [0.1, 0.15) is 12.6 Å². The Kier molecular flexibility index (Phi) is 2.47. The minimum atomic E-state index is -0.777. The first kappa shape index (κ1) is 8.77. The minimum absolute atomic E-state index is 0.361. The lowest BCUT2D eigenvalue weighted by atomic mass is 10.1. The van der Waals surface area contributed by atoms with E-state index < -0.39 is 5.97 Å². The van der Waals surface area contributed by atoms with Crippen LogP contribution in [0.15, 0.2) is 12.5 Å². The lowest BCUT2D eigenvalue weighted by molar-refractivity contribution is -0.141. The summed E-state index contributed by atoms with van der Waals surface area (Å²) in [6, 6.07) is 0. The molecule has 0 radical (unpaired) electrons. The van der Waals surface area contributed by atoms with Crippen molar-refractivity contribution < 1.29 is 9.90 Å². The molecule has 12 heavy (non-hydrogen) atoms. The van der Waals surface area contributed by atoms with Gasteiger partial charge in [-0.3, -0.25) is 4.79 Å². The maximum Gasteiger partial charge on any atom is 0.306 e. The maximum absolute atomic E-state index is 10.5. The number of aryl methyl sites for hydroxylation is 1. The van der Waals surface area contributed by atoms with Crippen molar-refractivity contribution >= 4 is 5.97 Å². The predicted octanol–water partition coefficient (Wildman–Crippen LogP) is 0.683. The monoisotopic (exact) mass is 168 g/mol. The van der Waals surface area contributed by atoms with E-state index in [4.69, 9.17) is 5.11 Å². The summed E-state index contributed by atoms with van der Waals surface area (Å²) in [6.45, 7) is 1.68. The van der Waals surface area contributed by atoms with Crippen molar-refractivity contribution in [2.75, 3.05) is 0 Å². The Labute approximate surface area is 70.9 Å². The number of carboxylic acid groups (broad SMARTS) is 1. The highest BCUT2D eigenvalue weighted by molar-refractivity contribution is 5.69. The number of hydrogen-bond acceptors (Lipinski definition) is 2. The molecule has 4 heteroatoms. The zero-order valence-electron chi connectivity index (χ0n) is 7.19. The molecular formula is C8H12N2O2. The number of rotatable bonds is 3. The molecular weight excluding hydrogens is 156 g/mol. The summed E-state index contributed by atoms with van der Waals surface area (Å²) >= 11 is 0. The molecule has 1 heterocycles. The van der Waals surface area contributed by atoms with E-state index in [0.29, 0.717) is 6.42 Å². The van der Waals surface area contributed by atoms with Crippen molar-refractivity contribution in [2.24, 2.45) is 13.0 Å². The average Bonchev–Trinajstić information content (AvgIpc) is 2.35. The van der Waals surface area contributed by atoms with E-state index in [1.165, 1.54) is 0 Å². The van der Waals surface area contributed by atoms with Crippen LogP contribution in [0.3, 0.4) is 0 Å². The summed E-state index contributed by atoms with van der Waals surface area (Å²) < 4.78 is 1.81. The molecule has 0 bridgehead atoms. The summed E-state index contributed by atoms with van der Waals surface area (Å²) in [5.41, 5.74) is 0.826. The summed E-state index contributed by atoms with van der Waals surface area (Å²) in [7, 11) is 1.86. The normalized spacial score (nSPS) is 12.8. The third-order valence-electron chi connectivity index (χ3n) is 1.70. The van der Waals surface area contributed by atoms with Gasteiger partial charge in [0.15, 0.2) is 0 Å². The first-order valence-electron chi connectivity index (χ1n) is 3.79. The van der Waals surface area contributed by atoms with Gasteiger partial charge in [-0.2, -0.15) is 0 Å². The molecule has 0 aliphatic carbocycles. The Morgan fingerprint density at radius 2 is 2.50 bits per heavy atom. The first-order chi connectivity index (χ1) is 5.59. The Bertz CT molecular complexity index is 280. The molecule has 1 atom stereocenters. The van der Waals surface area contributed by atoms with Gasteiger partial charge in [0.25, 0.3) is 0 Å². The van der Waals surface area contributed by atoms with Crippen LogP contribution >= 0.6 is 0 Å². The van der Waals surface area contributed by atoms with Crippen LogP contribution in [0.5, 0.6) is 0 Å². The van der Waals surface area contributed by atoms with Gasteiger partial charge in [-0.25, -0.2) is 4.98 Å². The lowest BCUT2D eigenvalue weighted by Crippen LogP contribution is -2.12. The SMILES string of the molecule is CC(Cc1cn(C)cn1)C(=O)O. The van der Waals surface area contributed by atoms with Crippen LogP contribution < -0.4 is 0 Å². The van der Waals surface area contributed by atoms with Crippen molar-refractivity contribution in [3.63, 3.8) is 0 Å². The fourth-order valence-corrected chi connectivity index (χ4v) is 0.973. The highest BCUT2D eigenvalue weighted by Crippen LogP contribution is 2.05. The molecule has 0 amide bonds. The second-order valence-corrected chi connectivity index (χ2v) is 2.97. The number of nitrogens with zero attached hydrogens (tertiary/aromatic N) is 2. The molecule has 0 aromatic carbocycles. The number of imidazole rings is 1. The van der Waals surface area contributed by atoms with Crippen LogP contribution in [0.2, 0.25) is 0 Å². The third kappa shape index (κ3) is 2.08. The van der Waals surface area contributed by atoms with Gasteiger partial charge in [0.1, 0.15) is 0 Å².